The van der Waals surface area contributed by atoms with Crippen LogP contribution in [0.25, 0.3) is 0 Å². The average Bonchev–Trinajstić information content (AvgIpc) is 1.18. The fourth-order valence-electron chi connectivity index (χ4n) is 9.87. The zero-order valence-electron chi connectivity index (χ0n) is 71.4. The molecule has 0 aromatic rings. The summed E-state index contributed by atoms with van der Waals surface area (Å²) in [5.74, 6) is 0.164. The van der Waals surface area contributed by atoms with Crippen molar-refractivity contribution in [2.45, 2.75) is 438 Å². The highest BCUT2D eigenvalue weighted by Gasteiger charge is 2.40. The maximum Gasteiger partial charge on any atom is 0.389 e. The average molecular weight is 1290 g/mol. The zero-order valence-corrected chi connectivity index (χ0v) is 64.4. The molecule has 2 spiro atoms. The van der Waals surface area contributed by atoms with Crippen molar-refractivity contribution < 1.29 is 49.1 Å². The van der Waals surface area contributed by atoms with Crippen molar-refractivity contribution in [1.29, 1.82) is 0 Å². The Hall–Kier alpha value is -0.630. The van der Waals surface area contributed by atoms with Gasteiger partial charge in [0.05, 0.1) is 0 Å². The van der Waals surface area contributed by atoms with E-state index in [0.717, 1.165) is 55.3 Å². The highest BCUT2D eigenvalue weighted by Crippen LogP contribution is 2.53. The summed E-state index contributed by atoms with van der Waals surface area (Å²) in [6.07, 6.45) is 21.3. The van der Waals surface area contributed by atoms with Crippen LogP contribution in [0.1, 0.15) is 429 Å². The van der Waals surface area contributed by atoms with Crippen LogP contribution in [0, 0.1) is 74.3 Å². The molecule has 6 aliphatic rings. The second-order valence-corrected chi connectivity index (χ2v) is 31.6. The molecule has 0 unspecified atom stereocenters. The standard InChI is InChI=1S/C14H26.C11H20.C7H14.C6H8F6.C6H11F3.C6H12.C6H14.2C5H12.2C4H10.C3H8.C2H6/c1-12-4-6-14(7-5-12)10-8-13(2,3)9-11-14;1-10-4-8-11(9-5-10)6-2-3-7-11;1-7-5-3-2-4-6-7;1-4(2-5(7,8)9)3-6(10,11)12;1-3-5(2)4-6(7,8)9;1-6-4-2-3-5-6;1-5-6(2,3)4;1-5(2,3)4;1-4-5(2)3;1-4(2)3;1-3-4-2;1-3-2;1-2/h12H,4-11H2,1-3H3;10H,2-9H2,1H3;7H,2-6H2,1H3;4H,2-3H2,1H3;5H,3-4H2,1-2H3;6H,2-5H2,1H3;5H2,1-4H3;1-4H3;5H,4H2,1-3H3;4H,1-3H3;3-4H2,1-2H3;3H2,1-2H3;1-2H3/t;;;;5-;;;;;;;;/m....0......../s1/i;;7D;;;6D;5D2;;4D2;4D;;;. The Morgan fingerprint density at radius 3 is 0.852 bits per heavy atom. The Bertz CT molecular complexity index is 1620. The van der Waals surface area contributed by atoms with Crippen molar-refractivity contribution in [3.63, 3.8) is 0 Å². The van der Waals surface area contributed by atoms with E-state index in [1.807, 2.05) is 83.1 Å². The van der Waals surface area contributed by atoms with Gasteiger partial charge in [0, 0.05) is 28.9 Å². The lowest BCUT2D eigenvalue weighted by molar-refractivity contribution is -0.170. The van der Waals surface area contributed by atoms with Crippen LogP contribution in [0.3, 0.4) is 0 Å². The second-order valence-electron chi connectivity index (χ2n) is 31.6. The summed E-state index contributed by atoms with van der Waals surface area (Å²) in [5.41, 5.74) is 2.57. The lowest BCUT2D eigenvalue weighted by atomic mass is 9.59. The van der Waals surface area contributed by atoms with Gasteiger partial charge >= 0.3 is 18.5 Å². The van der Waals surface area contributed by atoms with E-state index in [9.17, 15) is 39.5 Å². The molecule has 6 saturated carbocycles. The smallest absolute Gasteiger partial charge is 0.171 e. The van der Waals surface area contributed by atoms with Crippen molar-refractivity contribution in [2.24, 2.45) is 74.3 Å². The minimum absolute atomic E-state index is 0.0556. The van der Waals surface area contributed by atoms with E-state index in [0.29, 0.717) is 17.3 Å². The summed E-state index contributed by atoms with van der Waals surface area (Å²) in [5, 5.41) is 0. The van der Waals surface area contributed by atoms with Crippen molar-refractivity contribution >= 4 is 0 Å². The number of alkyl halides is 9. The quantitative estimate of drug-likeness (QED) is 0.233. The summed E-state index contributed by atoms with van der Waals surface area (Å²) in [6, 6.07) is 0. The van der Waals surface area contributed by atoms with Gasteiger partial charge in [0.1, 0.15) is 0 Å². The molecule has 1 atom stereocenters. The molecular formula is C79H163F9. The van der Waals surface area contributed by atoms with Gasteiger partial charge < -0.3 is 0 Å². The van der Waals surface area contributed by atoms with Gasteiger partial charge in [0.2, 0.25) is 0 Å². The van der Waals surface area contributed by atoms with Crippen LogP contribution < -0.4 is 0 Å². The Kier molecular flexibility index (Phi) is 55.0. The molecular weight excluding hydrogens is 1120 g/mol. The van der Waals surface area contributed by atoms with E-state index < -0.39 is 56.5 Å². The summed E-state index contributed by atoms with van der Waals surface area (Å²) in [6.45, 7) is 57.7. The predicted molar refractivity (Wildman–Crippen MR) is 380 cm³/mol. The van der Waals surface area contributed by atoms with Gasteiger partial charge in [-0.1, -0.05) is 336 Å². The third kappa shape index (κ3) is 85.4. The molecule has 0 aliphatic heterocycles. The third-order valence-corrected chi connectivity index (χ3v) is 16.4. The number of halogens is 9. The number of hydrogen-bond acceptors (Lipinski definition) is 0. The Morgan fingerprint density at radius 1 is 0.432 bits per heavy atom. The van der Waals surface area contributed by atoms with Gasteiger partial charge in [-0.05, 0) is 139 Å². The molecule has 9 heteroatoms. The molecule has 6 rings (SSSR count). The molecule has 0 aromatic carbocycles. The van der Waals surface area contributed by atoms with E-state index in [2.05, 4.69) is 83.1 Å². The van der Waals surface area contributed by atoms with Crippen molar-refractivity contribution in [3.8, 4) is 0 Å². The van der Waals surface area contributed by atoms with Crippen molar-refractivity contribution in [2.75, 3.05) is 0 Å². The van der Waals surface area contributed by atoms with Crippen LogP contribution in [0.15, 0.2) is 0 Å². The Morgan fingerprint density at radius 2 is 0.670 bits per heavy atom. The fourth-order valence-corrected chi connectivity index (χ4v) is 9.87. The van der Waals surface area contributed by atoms with Gasteiger partial charge in [-0.3, -0.25) is 0 Å². The highest BCUT2D eigenvalue weighted by molar-refractivity contribution is 4.92. The zero-order chi connectivity index (χ0) is 77.0. The Labute approximate surface area is 559 Å². The topological polar surface area (TPSA) is 0 Å². The van der Waals surface area contributed by atoms with Crippen molar-refractivity contribution in [1.82, 2.24) is 0 Å². The van der Waals surface area contributed by atoms with E-state index in [-0.39, 0.29) is 34.9 Å². The molecule has 0 heterocycles. The summed E-state index contributed by atoms with van der Waals surface area (Å²) >= 11 is 0. The lowest BCUT2D eigenvalue weighted by Gasteiger charge is -2.47. The number of hydrogen-bond donors (Lipinski definition) is 0. The first kappa shape index (κ1) is 85.4. The molecule has 0 amide bonds. The van der Waals surface area contributed by atoms with Crippen LogP contribution in [-0.4, -0.2) is 18.5 Å². The monoisotopic (exact) mass is 1290 g/mol. The molecule has 0 saturated heterocycles. The maximum absolute atomic E-state index is 11.5. The molecule has 6 aliphatic carbocycles. The Balaban J connectivity index is -0.000000181. The molecule has 0 radical (unpaired) electrons. The molecule has 0 N–H and O–H groups in total. The first-order chi connectivity index (χ1) is 42.3. The summed E-state index contributed by atoms with van der Waals surface area (Å²) in [7, 11) is 0. The highest BCUT2D eigenvalue weighted by atomic mass is 19.4. The van der Waals surface area contributed by atoms with Gasteiger partial charge in [0.15, 0.2) is 0 Å². The molecule has 0 bridgehead atoms. The predicted octanol–water partition coefficient (Wildman–Crippen LogP) is 32.3. The SMILES string of the molecule is CC.CC(C)(C)C.CC(CC(F)(F)F)CC(F)(F)F.CC1CCC2(CC1)CCC(C)(C)CC2.CC1CCC2(CCCC2)CC1.CCC.CCCC.CC[C@H](C)CC(F)(F)F.[2H]C(C)(C)C.[2H]C([2H])(C)C(C)(C)C.[2H]C([2H])(C)C(C)C.[2H]C1(C)CCCC1.[2H]C1(C)CCCCC1. The van der Waals surface area contributed by atoms with E-state index in [1.165, 1.54) is 128 Å². The van der Waals surface area contributed by atoms with Gasteiger partial charge in [-0.25, -0.2) is 0 Å². The molecule has 6 fully saturated rings. The molecule has 542 valence electrons. The minimum Gasteiger partial charge on any atom is -0.171 e. The van der Waals surface area contributed by atoms with Crippen LogP contribution in [-0.2, 0) is 0 Å². The van der Waals surface area contributed by atoms with Crippen LogP contribution in [0.4, 0.5) is 39.5 Å². The lowest BCUT2D eigenvalue weighted by Crippen LogP contribution is -2.34. The molecule has 0 aromatic heterocycles. The normalized spacial score (nSPS) is 21.7. The largest absolute Gasteiger partial charge is 0.389 e. The van der Waals surface area contributed by atoms with E-state index in [1.54, 1.807) is 53.4 Å². The number of unbranched alkanes of at least 4 members (excludes halogenated alkanes) is 1. The maximum atomic E-state index is 11.5. The van der Waals surface area contributed by atoms with E-state index in [4.69, 9.17) is 9.60 Å². The molecule has 0 nitrogen and oxygen atoms in total. The van der Waals surface area contributed by atoms with Gasteiger partial charge in [-0.2, -0.15) is 39.5 Å². The van der Waals surface area contributed by atoms with Gasteiger partial charge in [0.25, 0.3) is 0 Å². The first-order valence-corrected chi connectivity index (χ1v) is 36.0. The summed E-state index contributed by atoms with van der Waals surface area (Å²) < 4.78 is 154. The number of rotatable bonds is 6. The molecule has 88 heavy (non-hydrogen) atoms. The van der Waals surface area contributed by atoms with Crippen LogP contribution in [0.2, 0.25) is 0 Å². The first-order valence-electron chi connectivity index (χ1n) is 39.5. The van der Waals surface area contributed by atoms with Gasteiger partial charge in [-0.15, -0.1) is 0 Å². The second kappa shape index (κ2) is 56.7. The third-order valence-electron chi connectivity index (χ3n) is 16.4. The summed E-state index contributed by atoms with van der Waals surface area (Å²) in [4.78, 5) is 0. The van der Waals surface area contributed by atoms with Crippen LogP contribution >= 0.6 is 0 Å². The minimum atomic E-state index is -4.51. The van der Waals surface area contributed by atoms with E-state index >= 15 is 0 Å². The van der Waals surface area contributed by atoms with Crippen molar-refractivity contribution in [3.05, 3.63) is 0 Å². The van der Waals surface area contributed by atoms with Crippen LogP contribution in [0.5, 0.6) is 0 Å². The fraction of sp³-hybridized carbons (Fsp3) is 1.00.